The summed E-state index contributed by atoms with van der Waals surface area (Å²) >= 11 is 1.31. The molecule has 1 aliphatic heterocycles. The molecule has 0 saturated carbocycles. The van der Waals surface area contributed by atoms with Gasteiger partial charge in [0.2, 0.25) is 0 Å². The van der Waals surface area contributed by atoms with Crippen molar-refractivity contribution < 1.29 is 19.4 Å². The van der Waals surface area contributed by atoms with Crippen molar-refractivity contribution in [1.29, 1.82) is 0 Å². The molecular weight excluding hydrogens is 376 g/mol. The van der Waals surface area contributed by atoms with Crippen molar-refractivity contribution in [2.75, 3.05) is 20.3 Å². The molecule has 7 heteroatoms. The van der Waals surface area contributed by atoms with Crippen molar-refractivity contribution in [2.45, 2.75) is 13.8 Å². The summed E-state index contributed by atoms with van der Waals surface area (Å²) in [6.07, 6.45) is 1.82. The zero-order valence-corrected chi connectivity index (χ0v) is 16.8. The molecule has 146 valence electrons. The van der Waals surface area contributed by atoms with Crippen LogP contribution in [0.2, 0.25) is 0 Å². The summed E-state index contributed by atoms with van der Waals surface area (Å²) in [4.78, 5) is 19.5. The minimum atomic E-state index is -0.0979. The topological polar surface area (TPSA) is 71.4 Å². The Morgan fingerprint density at radius 1 is 1.18 bits per heavy atom. The lowest BCUT2D eigenvalue weighted by molar-refractivity contribution is -0.122. The summed E-state index contributed by atoms with van der Waals surface area (Å²) in [7, 11) is 1.59. The average molecular weight is 398 g/mol. The number of phenolic OH excluding ortho intramolecular Hbond substituents is 1. The first-order valence-electron chi connectivity index (χ1n) is 8.95. The highest BCUT2D eigenvalue weighted by Crippen LogP contribution is 2.36. The summed E-state index contributed by atoms with van der Waals surface area (Å²) < 4.78 is 10.9. The molecule has 0 aliphatic carbocycles. The maximum Gasteiger partial charge on any atom is 0.266 e. The maximum atomic E-state index is 12.8. The van der Waals surface area contributed by atoms with Gasteiger partial charge in [0.1, 0.15) is 5.75 Å². The smallest absolute Gasteiger partial charge is 0.266 e. The number of carbonyl (C=O) groups excluding carboxylic acids is 1. The zero-order chi connectivity index (χ0) is 20.1. The van der Waals surface area contributed by atoms with E-state index in [1.165, 1.54) is 11.8 Å². The first-order valence-corrected chi connectivity index (χ1v) is 9.77. The number of methoxy groups -OCH3 is 1. The van der Waals surface area contributed by atoms with Crippen LogP contribution in [0.4, 0.5) is 5.69 Å². The van der Waals surface area contributed by atoms with E-state index in [0.717, 1.165) is 5.56 Å². The van der Waals surface area contributed by atoms with E-state index in [1.807, 2.05) is 38.1 Å². The highest BCUT2D eigenvalue weighted by Gasteiger charge is 2.32. The van der Waals surface area contributed by atoms with Crippen LogP contribution in [0.3, 0.4) is 0 Å². The van der Waals surface area contributed by atoms with Gasteiger partial charge in [0, 0.05) is 12.6 Å². The van der Waals surface area contributed by atoms with Crippen molar-refractivity contribution in [2.24, 2.45) is 4.99 Å². The molecule has 0 unspecified atom stereocenters. The van der Waals surface area contributed by atoms with E-state index in [2.05, 4.69) is 4.99 Å². The number of benzene rings is 2. The third-order valence-corrected chi connectivity index (χ3v) is 5.05. The zero-order valence-electron chi connectivity index (χ0n) is 16.0. The second kappa shape index (κ2) is 8.84. The lowest BCUT2D eigenvalue weighted by atomic mass is 10.2. The number of amidine groups is 1. The molecule has 3 rings (SSSR count). The fraction of sp³-hybridized carbons (Fsp3) is 0.238. The Balaban J connectivity index is 1.91. The first-order chi connectivity index (χ1) is 13.5. The third kappa shape index (κ3) is 4.31. The highest BCUT2D eigenvalue weighted by atomic mass is 32.2. The largest absolute Gasteiger partial charge is 0.508 e. The number of carbonyl (C=O) groups is 1. The lowest BCUT2D eigenvalue weighted by Gasteiger charge is -2.12. The molecule has 1 fully saturated rings. The first kappa shape index (κ1) is 19.8. The molecule has 1 N–H and O–H groups in total. The van der Waals surface area contributed by atoms with Crippen molar-refractivity contribution in [3.8, 4) is 17.2 Å². The number of nitrogens with zero attached hydrogens (tertiary/aromatic N) is 2. The number of aliphatic imine (C=N–C) groups is 1. The van der Waals surface area contributed by atoms with Crippen LogP contribution < -0.4 is 9.47 Å². The number of likely N-dealkylation sites (N-methyl/N-ethyl adjacent to an activating group) is 1. The van der Waals surface area contributed by atoms with Crippen LogP contribution in [0.1, 0.15) is 19.4 Å². The number of hydrogen-bond donors (Lipinski definition) is 1. The van der Waals surface area contributed by atoms with Gasteiger partial charge in [0.25, 0.3) is 5.91 Å². The summed E-state index contributed by atoms with van der Waals surface area (Å²) in [6.45, 7) is 4.87. The van der Waals surface area contributed by atoms with Crippen LogP contribution in [0.5, 0.6) is 17.2 Å². The average Bonchev–Trinajstić information content (AvgIpc) is 2.97. The van der Waals surface area contributed by atoms with Gasteiger partial charge in [-0.1, -0.05) is 12.1 Å². The Morgan fingerprint density at radius 2 is 2.00 bits per heavy atom. The minimum Gasteiger partial charge on any atom is -0.508 e. The molecule has 0 bridgehead atoms. The van der Waals surface area contributed by atoms with Gasteiger partial charge >= 0.3 is 0 Å². The number of aromatic hydroxyl groups is 1. The fourth-order valence-corrected chi connectivity index (χ4v) is 3.81. The van der Waals surface area contributed by atoms with Gasteiger partial charge in [-0.2, -0.15) is 0 Å². The molecule has 0 atom stereocenters. The summed E-state index contributed by atoms with van der Waals surface area (Å²) in [6, 6.07) is 12.2. The van der Waals surface area contributed by atoms with Gasteiger partial charge in [-0.05, 0) is 61.5 Å². The van der Waals surface area contributed by atoms with Crippen molar-refractivity contribution in [3.05, 3.63) is 52.9 Å². The number of ether oxygens (including phenoxy) is 2. The Labute approximate surface area is 168 Å². The van der Waals surface area contributed by atoms with Gasteiger partial charge in [-0.15, -0.1) is 0 Å². The van der Waals surface area contributed by atoms with Crippen LogP contribution >= 0.6 is 11.8 Å². The van der Waals surface area contributed by atoms with E-state index < -0.39 is 0 Å². The Kier molecular flexibility index (Phi) is 6.26. The number of thioether (sulfide) groups is 1. The fourth-order valence-electron chi connectivity index (χ4n) is 2.74. The molecule has 0 radical (unpaired) electrons. The van der Waals surface area contributed by atoms with E-state index >= 15 is 0 Å². The second-order valence-corrected chi connectivity index (χ2v) is 6.93. The van der Waals surface area contributed by atoms with E-state index in [0.29, 0.717) is 40.4 Å². The second-order valence-electron chi connectivity index (χ2n) is 5.92. The van der Waals surface area contributed by atoms with E-state index in [-0.39, 0.29) is 11.7 Å². The molecule has 1 amide bonds. The third-order valence-electron chi connectivity index (χ3n) is 4.04. The van der Waals surface area contributed by atoms with E-state index in [1.54, 1.807) is 36.3 Å². The number of rotatable bonds is 6. The van der Waals surface area contributed by atoms with E-state index in [4.69, 9.17) is 9.47 Å². The molecule has 6 nitrogen and oxygen atoms in total. The molecular formula is C21H22N2O4S. The lowest BCUT2D eigenvalue weighted by Crippen LogP contribution is -2.28. The highest BCUT2D eigenvalue weighted by molar-refractivity contribution is 8.18. The van der Waals surface area contributed by atoms with Gasteiger partial charge in [0.15, 0.2) is 16.7 Å². The van der Waals surface area contributed by atoms with Crippen molar-refractivity contribution >= 4 is 34.6 Å². The molecule has 0 spiro atoms. The van der Waals surface area contributed by atoms with Crippen molar-refractivity contribution in [3.63, 3.8) is 0 Å². The quantitative estimate of drug-likeness (QED) is 0.729. The Hall–Kier alpha value is -2.93. The molecule has 0 aromatic heterocycles. The van der Waals surface area contributed by atoms with Gasteiger partial charge in [-0.25, -0.2) is 4.99 Å². The Morgan fingerprint density at radius 3 is 2.68 bits per heavy atom. The molecule has 28 heavy (non-hydrogen) atoms. The molecule has 1 aliphatic rings. The summed E-state index contributed by atoms with van der Waals surface area (Å²) in [5, 5.41) is 10.2. The number of amides is 1. The van der Waals surface area contributed by atoms with Gasteiger partial charge in [-0.3, -0.25) is 9.69 Å². The maximum absolute atomic E-state index is 12.8. The predicted octanol–water partition coefficient (Wildman–Crippen LogP) is 4.42. The molecule has 2 aromatic rings. The normalized spacial score (nSPS) is 16.8. The molecule has 2 aromatic carbocycles. The van der Waals surface area contributed by atoms with Gasteiger partial charge in [0.05, 0.1) is 24.3 Å². The van der Waals surface area contributed by atoms with E-state index in [9.17, 15) is 9.90 Å². The van der Waals surface area contributed by atoms with Crippen LogP contribution in [-0.4, -0.2) is 41.3 Å². The van der Waals surface area contributed by atoms with Crippen molar-refractivity contribution in [1.82, 2.24) is 4.90 Å². The summed E-state index contributed by atoms with van der Waals surface area (Å²) in [5.41, 5.74) is 1.43. The molecule has 1 saturated heterocycles. The van der Waals surface area contributed by atoms with Crippen LogP contribution in [0.15, 0.2) is 52.4 Å². The predicted molar refractivity (Wildman–Crippen MR) is 112 cm³/mol. The Bertz CT molecular complexity index is 940. The van der Waals surface area contributed by atoms with Gasteiger partial charge < -0.3 is 14.6 Å². The van der Waals surface area contributed by atoms with Crippen LogP contribution in [-0.2, 0) is 4.79 Å². The standard InChI is InChI=1S/C21H22N2O4S/c1-4-23-20(25)19(28-21(23)22-15-7-6-8-16(24)13-15)12-14-9-10-17(27-5-2)18(11-14)26-3/h6-13,24H,4-5H2,1-3H3/b19-12-,22-21?. The molecule has 1 heterocycles. The number of hydrogen-bond acceptors (Lipinski definition) is 6. The summed E-state index contributed by atoms with van der Waals surface area (Å²) in [5.74, 6) is 1.32. The van der Waals surface area contributed by atoms with Crippen LogP contribution in [0.25, 0.3) is 6.08 Å². The minimum absolute atomic E-state index is 0.0979. The number of phenols is 1. The van der Waals surface area contributed by atoms with Crippen LogP contribution in [0, 0.1) is 0 Å². The monoisotopic (exact) mass is 398 g/mol. The SMILES string of the molecule is CCOc1ccc(/C=C2\SC(=Nc3cccc(O)c3)N(CC)C2=O)cc1OC.